The first-order valence-corrected chi connectivity index (χ1v) is 12.3. The van der Waals surface area contributed by atoms with E-state index in [0.29, 0.717) is 24.7 Å². The summed E-state index contributed by atoms with van der Waals surface area (Å²) < 4.78 is 52.9. The molecule has 0 spiro atoms. The third kappa shape index (κ3) is 5.14. The number of carbonyl (C=O) groups is 1. The van der Waals surface area contributed by atoms with Gasteiger partial charge in [-0.15, -0.1) is 0 Å². The monoisotopic (exact) mass is 484 g/mol. The van der Waals surface area contributed by atoms with Crippen LogP contribution < -0.4 is 19.5 Å². The summed E-state index contributed by atoms with van der Waals surface area (Å²) in [5.41, 5.74) is 0.841. The Kier molecular flexibility index (Phi) is 6.74. The van der Waals surface area contributed by atoms with Crippen molar-refractivity contribution in [1.82, 2.24) is 5.32 Å². The summed E-state index contributed by atoms with van der Waals surface area (Å²) in [4.78, 5) is 12.9. The molecular weight excluding hydrogens is 459 g/mol. The van der Waals surface area contributed by atoms with E-state index in [1.54, 1.807) is 0 Å². The first-order valence-electron chi connectivity index (χ1n) is 10.8. The Morgan fingerprint density at radius 2 is 1.68 bits per heavy atom. The molecule has 2 N–H and O–H groups in total. The van der Waals surface area contributed by atoms with E-state index < -0.39 is 21.7 Å². The Hall–Kier alpha value is -3.59. The van der Waals surface area contributed by atoms with E-state index in [0.717, 1.165) is 11.6 Å². The smallest absolute Gasteiger partial charge is 0.262 e. The first kappa shape index (κ1) is 23.6. The summed E-state index contributed by atoms with van der Waals surface area (Å²) >= 11 is 0. The van der Waals surface area contributed by atoms with Gasteiger partial charge in [-0.05, 0) is 53.9 Å². The number of benzene rings is 3. The Morgan fingerprint density at radius 3 is 2.41 bits per heavy atom. The van der Waals surface area contributed by atoms with Gasteiger partial charge < -0.3 is 14.8 Å². The van der Waals surface area contributed by atoms with E-state index in [-0.39, 0.29) is 28.1 Å². The van der Waals surface area contributed by atoms with Crippen LogP contribution in [0.2, 0.25) is 0 Å². The van der Waals surface area contributed by atoms with Crippen molar-refractivity contribution in [2.45, 2.75) is 24.8 Å². The molecule has 0 bridgehead atoms. The van der Waals surface area contributed by atoms with Crippen LogP contribution in [0.4, 0.5) is 10.1 Å². The van der Waals surface area contributed by atoms with E-state index >= 15 is 0 Å². The molecule has 9 heteroatoms. The second kappa shape index (κ2) is 9.72. The molecule has 1 atom stereocenters. The summed E-state index contributed by atoms with van der Waals surface area (Å²) in [6.07, 6.45) is 0. The van der Waals surface area contributed by atoms with Gasteiger partial charge in [-0.2, -0.15) is 0 Å². The zero-order valence-corrected chi connectivity index (χ0v) is 19.6. The third-order valence-corrected chi connectivity index (χ3v) is 6.77. The predicted octanol–water partition coefficient (Wildman–Crippen LogP) is 4.52. The van der Waals surface area contributed by atoms with Crippen molar-refractivity contribution in [3.63, 3.8) is 0 Å². The van der Waals surface area contributed by atoms with Crippen LogP contribution in [0, 0.1) is 11.7 Å². The second-order valence-corrected chi connectivity index (χ2v) is 9.89. The highest BCUT2D eigenvalue weighted by Crippen LogP contribution is 2.34. The fourth-order valence-corrected chi connectivity index (χ4v) is 4.78. The number of hydrogen-bond donors (Lipinski definition) is 2. The lowest BCUT2D eigenvalue weighted by Crippen LogP contribution is -2.32. The molecule has 1 aliphatic rings. The van der Waals surface area contributed by atoms with Crippen molar-refractivity contribution in [3.8, 4) is 11.5 Å². The zero-order chi connectivity index (χ0) is 24.3. The molecular formula is C25H25FN2O5S. The van der Waals surface area contributed by atoms with Crippen molar-refractivity contribution in [2.24, 2.45) is 5.92 Å². The van der Waals surface area contributed by atoms with Crippen LogP contribution in [0.5, 0.6) is 11.5 Å². The number of sulfonamides is 1. The fourth-order valence-electron chi connectivity index (χ4n) is 3.67. The molecule has 3 aromatic carbocycles. The highest BCUT2D eigenvalue weighted by Gasteiger charge is 2.23. The lowest BCUT2D eigenvalue weighted by molar-refractivity contribution is 0.0925. The van der Waals surface area contributed by atoms with Crippen molar-refractivity contribution in [1.29, 1.82) is 0 Å². The van der Waals surface area contributed by atoms with Crippen LogP contribution >= 0.6 is 0 Å². The highest BCUT2D eigenvalue weighted by atomic mass is 32.2. The summed E-state index contributed by atoms with van der Waals surface area (Å²) in [5, 5.41) is 2.98. The molecule has 7 nitrogen and oxygen atoms in total. The molecule has 0 unspecified atom stereocenters. The Morgan fingerprint density at radius 1 is 0.941 bits per heavy atom. The summed E-state index contributed by atoms with van der Waals surface area (Å²) in [7, 11) is -4.10. The van der Waals surface area contributed by atoms with Gasteiger partial charge in [0.05, 0.1) is 16.6 Å². The van der Waals surface area contributed by atoms with Gasteiger partial charge in [-0.1, -0.05) is 38.1 Å². The lowest BCUT2D eigenvalue weighted by atomic mass is 9.95. The quantitative estimate of drug-likeness (QED) is 0.514. The van der Waals surface area contributed by atoms with Gasteiger partial charge in [0.25, 0.3) is 15.9 Å². The summed E-state index contributed by atoms with van der Waals surface area (Å²) in [6, 6.07) is 16.3. The number of nitrogens with one attached hydrogen (secondary N) is 2. The summed E-state index contributed by atoms with van der Waals surface area (Å²) in [6.45, 7) is 4.89. The largest absolute Gasteiger partial charge is 0.486 e. The van der Waals surface area contributed by atoms with Crippen LogP contribution in [0.25, 0.3) is 0 Å². The number of amides is 1. The van der Waals surface area contributed by atoms with Crippen LogP contribution in [0.15, 0.2) is 71.6 Å². The molecule has 0 saturated carbocycles. The summed E-state index contributed by atoms with van der Waals surface area (Å²) in [5.74, 6) is 0.192. The Balaban J connectivity index is 1.56. The van der Waals surface area contributed by atoms with Crippen molar-refractivity contribution >= 4 is 21.6 Å². The Bertz CT molecular complexity index is 1310. The Labute approximate surface area is 198 Å². The van der Waals surface area contributed by atoms with Crippen molar-refractivity contribution in [2.75, 3.05) is 17.9 Å². The number of hydrogen-bond acceptors (Lipinski definition) is 5. The molecule has 0 fully saturated rings. The predicted molar refractivity (Wildman–Crippen MR) is 126 cm³/mol. The van der Waals surface area contributed by atoms with Crippen LogP contribution in [0.1, 0.15) is 35.8 Å². The van der Waals surface area contributed by atoms with Gasteiger partial charge in [0.1, 0.15) is 19.0 Å². The lowest BCUT2D eigenvalue weighted by Gasteiger charge is -2.25. The van der Waals surface area contributed by atoms with Crippen molar-refractivity contribution in [3.05, 3.63) is 83.7 Å². The highest BCUT2D eigenvalue weighted by molar-refractivity contribution is 7.92. The first-order chi connectivity index (χ1) is 16.2. The normalized spacial score (nSPS) is 13.9. The molecule has 1 amide bonds. The molecule has 0 saturated heterocycles. The van der Waals surface area contributed by atoms with Gasteiger partial charge in [0.15, 0.2) is 11.5 Å². The molecule has 0 aliphatic carbocycles. The maximum Gasteiger partial charge on any atom is 0.262 e. The van der Waals surface area contributed by atoms with Crippen LogP contribution in [0.3, 0.4) is 0 Å². The third-order valence-electron chi connectivity index (χ3n) is 5.40. The van der Waals surface area contributed by atoms with E-state index in [1.807, 2.05) is 32.0 Å². The van der Waals surface area contributed by atoms with E-state index in [9.17, 15) is 17.6 Å². The van der Waals surface area contributed by atoms with Gasteiger partial charge >= 0.3 is 0 Å². The zero-order valence-electron chi connectivity index (χ0n) is 18.7. The minimum atomic E-state index is -4.10. The maximum atomic E-state index is 13.9. The number of ether oxygens (including phenoxy) is 2. The number of anilines is 1. The fraction of sp³-hybridized carbons (Fsp3) is 0.240. The van der Waals surface area contributed by atoms with Gasteiger partial charge in [0.2, 0.25) is 0 Å². The molecule has 1 heterocycles. The molecule has 0 aromatic heterocycles. The molecule has 4 rings (SSSR count). The number of halogens is 1. The standard InChI is InChI=1S/C25H25FN2O5S/c1-16(2)24(17-10-11-22-23(15-17)33-13-12-32-22)27-25(29)18-6-5-7-19(14-18)34(30,31)28-21-9-4-3-8-20(21)26/h3-11,14-16,24,28H,12-13H2,1-2H3,(H,27,29)/t24-/m0/s1. The minimum absolute atomic E-state index is 0.0427. The van der Waals surface area contributed by atoms with Gasteiger partial charge in [-0.25, -0.2) is 12.8 Å². The number of rotatable bonds is 7. The number of carbonyl (C=O) groups excluding carboxylic acids is 1. The average molecular weight is 485 g/mol. The van der Waals surface area contributed by atoms with Crippen molar-refractivity contribution < 1.29 is 27.1 Å². The number of para-hydroxylation sites is 1. The number of fused-ring (bicyclic) bond motifs is 1. The van der Waals surface area contributed by atoms with E-state index in [1.165, 1.54) is 42.5 Å². The minimum Gasteiger partial charge on any atom is -0.486 e. The van der Waals surface area contributed by atoms with Crippen LogP contribution in [-0.2, 0) is 10.0 Å². The van der Waals surface area contributed by atoms with E-state index in [4.69, 9.17) is 9.47 Å². The molecule has 3 aromatic rings. The SMILES string of the molecule is CC(C)[C@H](NC(=O)c1cccc(S(=O)(=O)Nc2ccccc2F)c1)c1ccc2c(c1)OCCO2. The molecule has 34 heavy (non-hydrogen) atoms. The van der Waals surface area contributed by atoms with E-state index in [2.05, 4.69) is 10.0 Å². The second-order valence-electron chi connectivity index (χ2n) is 8.21. The topological polar surface area (TPSA) is 93.7 Å². The maximum absolute atomic E-state index is 13.9. The average Bonchev–Trinajstić information content (AvgIpc) is 2.83. The molecule has 0 radical (unpaired) electrons. The molecule has 178 valence electrons. The molecule has 1 aliphatic heterocycles. The van der Waals surface area contributed by atoms with Gasteiger partial charge in [0, 0.05) is 5.56 Å². The van der Waals surface area contributed by atoms with Crippen LogP contribution in [-0.4, -0.2) is 27.5 Å². The van der Waals surface area contributed by atoms with Gasteiger partial charge in [-0.3, -0.25) is 9.52 Å².